The van der Waals surface area contributed by atoms with Crippen molar-refractivity contribution in [2.24, 2.45) is 0 Å². The Morgan fingerprint density at radius 1 is 1.25 bits per heavy atom. The van der Waals surface area contributed by atoms with Crippen LogP contribution in [0.4, 0.5) is 5.69 Å². The average Bonchev–Trinajstić information content (AvgIpc) is 2.91. The van der Waals surface area contributed by atoms with Gasteiger partial charge in [-0.3, -0.25) is 4.98 Å². The van der Waals surface area contributed by atoms with Crippen molar-refractivity contribution in [2.45, 2.75) is 6.92 Å². The summed E-state index contributed by atoms with van der Waals surface area (Å²) in [7, 11) is 0. The van der Waals surface area contributed by atoms with Gasteiger partial charge in [-0.2, -0.15) is 4.98 Å². The van der Waals surface area contributed by atoms with Crippen LogP contribution in [-0.4, -0.2) is 15.1 Å². The van der Waals surface area contributed by atoms with E-state index in [0.29, 0.717) is 33.7 Å². The zero-order valence-electron chi connectivity index (χ0n) is 10.7. The first kappa shape index (κ1) is 12.6. The molecule has 1 aromatic carbocycles. The predicted octanol–water partition coefficient (Wildman–Crippen LogP) is 3.34. The zero-order valence-corrected chi connectivity index (χ0v) is 11.4. The molecule has 0 aliphatic carbocycles. The number of hydrogen-bond acceptors (Lipinski definition) is 5. The van der Waals surface area contributed by atoms with Gasteiger partial charge in [0.05, 0.1) is 16.3 Å². The fourth-order valence-corrected chi connectivity index (χ4v) is 1.99. The number of aryl methyl sites for hydroxylation is 1. The molecule has 2 heterocycles. The monoisotopic (exact) mass is 286 g/mol. The van der Waals surface area contributed by atoms with Crippen molar-refractivity contribution in [1.82, 2.24) is 15.1 Å². The summed E-state index contributed by atoms with van der Waals surface area (Å²) in [6, 6.07) is 9.06. The zero-order chi connectivity index (χ0) is 14.1. The van der Waals surface area contributed by atoms with Crippen LogP contribution in [0.15, 0.2) is 41.1 Å². The number of halogens is 1. The molecule has 0 fully saturated rings. The molecule has 2 aromatic heterocycles. The lowest BCUT2D eigenvalue weighted by molar-refractivity contribution is 0.432. The third-order valence-corrected chi connectivity index (χ3v) is 3.18. The second-order valence-electron chi connectivity index (χ2n) is 4.34. The van der Waals surface area contributed by atoms with Gasteiger partial charge in [0.25, 0.3) is 5.89 Å². The van der Waals surface area contributed by atoms with Crippen molar-refractivity contribution in [2.75, 3.05) is 5.73 Å². The van der Waals surface area contributed by atoms with Crippen molar-refractivity contribution in [3.05, 3.63) is 47.1 Å². The smallest absolute Gasteiger partial charge is 0.260 e. The highest BCUT2D eigenvalue weighted by Crippen LogP contribution is 2.31. The number of nitrogens with zero attached hydrogens (tertiary/aromatic N) is 3. The van der Waals surface area contributed by atoms with Crippen LogP contribution in [0.3, 0.4) is 0 Å². The van der Waals surface area contributed by atoms with E-state index < -0.39 is 0 Å². The summed E-state index contributed by atoms with van der Waals surface area (Å²) in [4.78, 5) is 8.53. The molecule has 0 unspecified atom stereocenters. The Balaban J connectivity index is 2.04. The van der Waals surface area contributed by atoms with Gasteiger partial charge in [0.15, 0.2) is 0 Å². The third-order valence-electron chi connectivity index (χ3n) is 2.85. The largest absolute Gasteiger partial charge is 0.397 e. The standard InChI is InChI=1S/C14H11ClN4O/c1-8-5-6-17-11(7-8)13-18-14(20-19-13)9-3-2-4-10(15)12(9)16/h2-7H,16H2,1H3. The molecule has 0 saturated carbocycles. The maximum absolute atomic E-state index is 5.98. The van der Waals surface area contributed by atoms with Gasteiger partial charge in [-0.1, -0.05) is 22.8 Å². The summed E-state index contributed by atoms with van der Waals surface area (Å²) in [5.74, 6) is 0.742. The van der Waals surface area contributed by atoms with E-state index in [0.717, 1.165) is 5.56 Å². The lowest BCUT2D eigenvalue weighted by Crippen LogP contribution is -1.91. The lowest BCUT2D eigenvalue weighted by atomic mass is 10.2. The van der Waals surface area contributed by atoms with Crippen molar-refractivity contribution in [3.63, 3.8) is 0 Å². The molecule has 3 rings (SSSR count). The number of hydrogen-bond donors (Lipinski definition) is 1. The molecule has 0 bridgehead atoms. The van der Waals surface area contributed by atoms with Crippen LogP contribution < -0.4 is 5.73 Å². The predicted molar refractivity (Wildman–Crippen MR) is 77.1 cm³/mol. The summed E-state index contributed by atoms with van der Waals surface area (Å²) < 4.78 is 5.24. The minimum Gasteiger partial charge on any atom is -0.397 e. The molecule has 100 valence electrons. The van der Waals surface area contributed by atoms with Crippen LogP contribution in [0, 0.1) is 6.92 Å². The Hall–Kier alpha value is -2.40. The van der Waals surface area contributed by atoms with Crippen LogP contribution in [0.2, 0.25) is 5.02 Å². The molecule has 0 saturated heterocycles. The maximum Gasteiger partial charge on any atom is 0.260 e. The van der Waals surface area contributed by atoms with E-state index in [1.54, 1.807) is 24.4 Å². The molecule has 0 spiro atoms. The highest BCUT2D eigenvalue weighted by Gasteiger charge is 2.15. The van der Waals surface area contributed by atoms with E-state index in [9.17, 15) is 0 Å². The van der Waals surface area contributed by atoms with Crippen molar-refractivity contribution in [1.29, 1.82) is 0 Å². The molecule has 3 aromatic rings. The van der Waals surface area contributed by atoms with E-state index >= 15 is 0 Å². The van der Waals surface area contributed by atoms with E-state index in [4.69, 9.17) is 21.9 Å². The number of nitrogens with two attached hydrogens (primary N) is 1. The molecule has 20 heavy (non-hydrogen) atoms. The minimum atomic E-state index is 0.323. The number of benzene rings is 1. The molecule has 0 aliphatic rings. The van der Waals surface area contributed by atoms with Gasteiger partial charge in [0.2, 0.25) is 5.82 Å². The van der Waals surface area contributed by atoms with Crippen LogP contribution >= 0.6 is 11.6 Å². The summed E-state index contributed by atoms with van der Waals surface area (Å²) in [5.41, 5.74) is 8.67. The first-order valence-electron chi connectivity index (χ1n) is 5.96. The Morgan fingerprint density at radius 2 is 2.10 bits per heavy atom. The van der Waals surface area contributed by atoms with Gasteiger partial charge >= 0.3 is 0 Å². The third kappa shape index (κ3) is 2.23. The number of nitrogen functional groups attached to an aromatic ring is 1. The number of pyridine rings is 1. The van der Waals surface area contributed by atoms with Gasteiger partial charge in [-0.05, 0) is 36.8 Å². The first-order chi connectivity index (χ1) is 9.65. The van der Waals surface area contributed by atoms with Crippen molar-refractivity contribution in [3.8, 4) is 23.0 Å². The molecular weight excluding hydrogens is 276 g/mol. The van der Waals surface area contributed by atoms with Gasteiger partial charge < -0.3 is 10.3 Å². The summed E-state index contributed by atoms with van der Waals surface area (Å²) in [6.07, 6.45) is 1.70. The summed E-state index contributed by atoms with van der Waals surface area (Å²) in [5, 5.41) is 4.38. The molecule has 2 N–H and O–H groups in total. The van der Waals surface area contributed by atoms with Crippen LogP contribution in [-0.2, 0) is 0 Å². The Labute approximate surface area is 120 Å². The fourth-order valence-electron chi connectivity index (χ4n) is 1.82. The van der Waals surface area contributed by atoms with E-state index in [2.05, 4.69) is 15.1 Å². The normalized spacial score (nSPS) is 10.7. The number of para-hydroxylation sites is 1. The fraction of sp³-hybridized carbons (Fsp3) is 0.0714. The molecule has 5 nitrogen and oxygen atoms in total. The second kappa shape index (κ2) is 4.94. The topological polar surface area (TPSA) is 77.8 Å². The van der Waals surface area contributed by atoms with E-state index in [1.807, 2.05) is 19.1 Å². The molecule has 0 aliphatic heterocycles. The molecule has 0 radical (unpaired) electrons. The maximum atomic E-state index is 5.98. The average molecular weight is 287 g/mol. The highest BCUT2D eigenvalue weighted by atomic mass is 35.5. The molecule has 0 atom stereocenters. The van der Waals surface area contributed by atoms with E-state index in [1.165, 1.54) is 0 Å². The van der Waals surface area contributed by atoms with Gasteiger partial charge in [-0.15, -0.1) is 0 Å². The van der Waals surface area contributed by atoms with Gasteiger partial charge in [0, 0.05) is 6.20 Å². The van der Waals surface area contributed by atoms with Gasteiger partial charge in [-0.25, -0.2) is 0 Å². The Kier molecular flexibility index (Phi) is 3.12. The van der Waals surface area contributed by atoms with Crippen LogP contribution in [0.25, 0.3) is 23.0 Å². The highest BCUT2D eigenvalue weighted by molar-refractivity contribution is 6.33. The first-order valence-corrected chi connectivity index (χ1v) is 6.34. The quantitative estimate of drug-likeness (QED) is 0.731. The molecule has 0 amide bonds. The number of aromatic nitrogens is 3. The van der Waals surface area contributed by atoms with Crippen LogP contribution in [0.5, 0.6) is 0 Å². The summed E-state index contributed by atoms with van der Waals surface area (Å²) >= 11 is 5.98. The van der Waals surface area contributed by atoms with E-state index in [-0.39, 0.29) is 0 Å². The molecular formula is C14H11ClN4O. The van der Waals surface area contributed by atoms with Crippen molar-refractivity contribution >= 4 is 17.3 Å². The minimum absolute atomic E-state index is 0.323. The number of anilines is 1. The SMILES string of the molecule is Cc1ccnc(-c2noc(-c3cccc(Cl)c3N)n2)c1. The van der Waals surface area contributed by atoms with Gasteiger partial charge in [0.1, 0.15) is 5.69 Å². The summed E-state index contributed by atoms with van der Waals surface area (Å²) in [6.45, 7) is 1.97. The number of rotatable bonds is 2. The lowest BCUT2D eigenvalue weighted by Gasteiger charge is -2.01. The Morgan fingerprint density at radius 3 is 2.90 bits per heavy atom. The second-order valence-corrected chi connectivity index (χ2v) is 4.75. The molecule has 6 heteroatoms. The van der Waals surface area contributed by atoms with Crippen LogP contribution in [0.1, 0.15) is 5.56 Å². The Bertz CT molecular complexity index is 769. The van der Waals surface area contributed by atoms with Crippen molar-refractivity contribution < 1.29 is 4.52 Å².